The molecule has 1 aliphatic heterocycles. The minimum absolute atomic E-state index is 0.179. The molecule has 26 heavy (non-hydrogen) atoms. The molecule has 1 N–H and O–H groups in total. The van der Waals surface area contributed by atoms with Gasteiger partial charge in [0.2, 0.25) is 6.79 Å². The van der Waals surface area contributed by atoms with E-state index in [1.54, 1.807) is 23.5 Å². The molecule has 1 aliphatic rings. The molecule has 0 saturated heterocycles. The summed E-state index contributed by atoms with van der Waals surface area (Å²) in [6.07, 6.45) is 0. The standard InChI is InChI=1S/C20H20N2O3S/c1-13(14-4-3-5-17(23)8-14)22(2)10-16-11-26-20(21-16)15-6-7-18-19(9-15)25-12-24-18/h3-9,11,13,23H,10,12H2,1-2H3. The predicted octanol–water partition coefficient (Wildman–Crippen LogP) is 4.44. The summed E-state index contributed by atoms with van der Waals surface area (Å²) < 4.78 is 10.8. The van der Waals surface area contributed by atoms with Crippen molar-refractivity contribution in [2.45, 2.75) is 19.5 Å². The first-order chi connectivity index (χ1) is 12.6. The lowest BCUT2D eigenvalue weighted by Gasteiger charge is -2.24. The molecule has 2 aromatic carbocycles. The van der Waals surface area contributed by atoms with Crippen LogP contribution in [0.5, 0.6) is 17.2 Å². The first kappa shape index (κ1) is 16.9. The van der Waals surface area contributed by atoms with Gasteiger partial charge in [-0.2, -0.15) is 0 Å². The van der Waals surface area contributed by atoms with Crippen molar-refractivity contribution in [3.63, 3.8) is 0 Å². The Labute approximate surface area is 156 Å². The highest BCUT2D eigenvalue weighted by Crippen LogP contribution is 2.37. The fraction of sp³-hybridized carbons (Fsp3) is 0.250. The molecule has 0 spiro atoms. The van der Waals surface area contributed by atoms with Crippen LogP contribution >= 0.6 is 11.3 Å². The number of ether oxygens (including phenoxy) is 2. The van der Waals surface area contributed by atoms with Gasteiger partial charge in [-0.15, -0.1) is 11.3 Å². The smallest absolute Gasteiger partial charge is 0.231 e. The normalized spacial score (nSPS) is 14.0. The van der Waals surface area contributed by atoms with Crippen LogP contribution in [0.4, 0.5) is 0 Å². The maximum absolute atomic E-state index is 9.68. The van der Waals surface area contributed by atoms with Crippen LogP contribution in [0.15, 0.2) is 47.8 Å². The molecule has 4 rings (SSSR count). The Morgan fingerprint density at radius 1 is 1.19 bits per heavy atom. The molecule has 1 aromatic heterocycles. The van der Waals surface area contributed by atoms with E-state index in [1.807, 2.05) is 30.3 Å². The lowest BCUT2D eigenvalue weighted by atomic mass is 10.1. The minimum atomic E-state index is 0.179. The van der Waals surface area contributed by atoms with Crippen molar-refractivity contribution < 1.29 is 14.6 Å². The summed E-state index contributed by atoms with van der Waals surface area (Å²) in [5.74, 6) is 1.85. The number of hydrogen-bond acceptors (Lipinski definition) is 6. The van der Waals surface area contributed by atoms with Gasteiger partial charge in [-0.3, -0.25) is 4.90 Å². The van der Waals surface area contributed by atoms with Crippen LogP contribution in [-0.2, 0) is 6.54 Å². The molecule has 0 bridgehead atoms. The minimum Gasteiger partial charge on any atom is -0.508 e. The average molecular weight is 368 g/mol. The zero-order valence-electron chi connectivity index (χ0n) is 14.7. The van der Waals surface area contributed by atoms with Gasteiger partial charge in [-0.05, 0) is 49.9 Å². The quantitative estimate of drug-likeness (QED) is 0.722. The number of thiazole rings is 1. The van der Waals surface area contributed by atoms with Gasteiger partial charge in [0, 0.05) is 23.5 Å². The SMILES string of the molecule is CC(c1cccc(O)c1)N(C)Cc1csc(-c2ccc3c(c2)OCO3)n1. The third kappa shape index (κ3) is 3.38. The van der Waals surface area contributed by atoms with Gasteiger partial charge >= 0.3 is 0 Å². The maximum Gasteiger partial charge on any atom is 0.231 e. The molecule has 2 heterocycles. The fourth-order valence-electron chi connectivity index (χ4n) is 2.97. The Kier molecular flexibility index (Phi) is 4.53. The van der Waals surface area contributed by atoms with Crippen molar-refractivity contribution in [1.29, 1.82) is 0 Å². The Morgan fingerprint density at radius 2 is 2.04 bits per heavy atom. The summed E-state index contributed by atoms with van der Waals surface area (Å²) in [7, 11) is 2.06. The van der Waals surface area contributed by atoms with Gasteiger partial charge in [-0.25, -0.2) is 4.98 Å². The first-order valence-electron chi connectivity index (χ1n) is 8.44. The number of nitrogens with zero attached hydrogens (tertiary/aromatic N) is 2. The van der Waals surface area contributed by atoms with Gasteiger partial charge in [-0.1, -0.05) is 12.1 Å². The number of phenolic OH excluding ortho intramolecular Hbond substituents is 1. The molecule has 3 aromatic rings. The summed E-state index contributed by atoms with van der Waals surface area (Å²) in [5.41, 5.74) is 3.14. The van der Waals surface area contributed by atoms with E-state index in [4.69, 9.17) is 14.5 Å². The van der Waals surface area contributed by atoms with Gasteiger partial charge in [0.05, 0.1) is 5.69 Å². The number of rotatable bonds is 5. The van der Waals surface area contributed by atoms with Gasteiger partial charge in [0.15, 0.2) is 11.5 Å². The monoisotopic (exact) mass is 368 g/mol. The number of benzene rings is 2. The topological polar surface area (TPSA) is 54.8 Å². The van der Waals surface area contributed by atoms with Gasteiger partial charge in [0.25, 0.3) is 0 Å². The number of aromatic hydroxyl groups is 1. The Bertz CT molecular complexity index is 925. The molecule has 0 fully saturated rings. The third-order valence-corrected chi connectivity index (χ3v) is 5.54. The molecule has 0 aliphatic carbocycles. The Morgan fingerprint density at radius 3 is 2.88 bits per heavy atom. The van der Waals surface area contributed by atoms with Crippen LogP contribution in [0.1, 0.15) is 24.2 Å². The van der Waals surface area contributed by atoms with Crippen molar-refractivity contribution in [2.24, 2.45) is 0 Å². The largest absolute Gasteiger partial charge is 0.508 e. The van der Waals surface area contributed by atoms with Crippen LogP contribution < -0.4 is 9.47 Å². The highest BCUT2D eigenvalue weighted by molar-refractivity contribution is 7.13. The van der Waals surface area contributed by atoms with E-state index in [-0.39, 0.29) is 12.8 Å². The summed E-state index contributed by atoms with van der Waals surface area (Å²) in [6.45, 7) is 3.14. The highest BCUT2D eigenvalue weighted by Gasteiger charge is 2.17. The second kappa shape index (κ2) is 6.97. The van der Waals surface area contributed by atoms with E-state index in [9.17, 15) is 5.11 Å². The van der Waals surface area contributed by atoms with E-state index in [0.717, 1.165) is 39.9 Å². The van der Waals surface area contributed by atoms with Crippen LogP contribution in [-0.4, -0.2) is 28.8 Å². The van der Waals surface area contributed by atoms with Crippen LogP contribution in [0.25, 0.3) is 10.6 Å². The lowest BCUT2D eigenvalue weighted by Crippen LogP contribution is -2.22. The summed E-state index contributed by atoms with van der Waals surface area (Å²) in [5, 5.41) is 12.7. The van der Waals surface area contributed by atoms with Crippen molar-refractivity contribution in [3.05, 3.63) is 59.1 Å². The molecule has 0 saturated carbocycles. The van der Waals surface area contributed by atoms with Gasteiger partial charge < -0.3 is 14.6 Å². The highest BCUT2D eigenvalue weighted by atomic mass is 32.1. The number of aromatic nitrogens is 1. The van der Waals surface area contributed by atoms with E-state index >= 15 is 0 Å². The fourth-order valence-corrected chi connectivity index (χ4v) is 3.78. The Balaban J connectivity index is 1.48. The third-order valence-electron chi connectivity index (χ3n) is 4.60. The second-order valence-corrected chi connectivity index (χ2v) is 7.26. The van der Waals surface area contributed by atoms with E-state index < -0.39 is 0 Å². The van der Waals surface area contributed by atoms with E-state index in [1.165, 1.54) is 0 Å². The molecular weight excluding hydrogens is 348 g/mol. The van der Waals surface area contributed by atoms with Crippen molar-refractivity contribution >= 4 is 11.3 Å². The van der Waals surface area contributed by atoms with E-state index in [2.05, 4.69) is 24.3 Å². The zero-order chi connectivity index (χ0) is 18.1. The summed E-state index contributed by atoms with van der Waals surface area (Å²) >= 11 is 1.63. The van der Waals surface area contributed by atoms with Crippen molar-refractivity contribution in [3.8, 4) is 27.8 Å². The average Bonchev–Trinajstić information content (AvgIpc) is 3.29. The van der Waals surface area contributed by atoms with Crippen LogP contribution in [0.3, 0.4) is 0 Å². The molecule has 0 radical (unpaired) electrons. The predicted molar refractivity (Wildman–Crippen MR) is 102 cm³/mol. The second-order valence-electron chi connectivity index (χ2n) is 6.40. The van der Waals surface area contributed by atoms with Crippen LogP contribution in [0, 0.1) is 0 Å². The molecule has 6 heteroatoms. The van der Waals surface area contributed by atoms with Crippen molar-refractivity contribution in [1.82, 2.24) is 9.88 Å². The number of hydrogen-bond donors (Lipinski definition) is 1. The summed E-state index contributed by atoms with van der Waals surface area (Å²) in [6, 6.07) is 13.5. The number of phenols is 1. The molecular formula is C20H20N2O3S. The van der Waals surface area contributed by atoms with E-state index in [0.29, 0.717) is 5.75 Å². The zero-order valence-corrected chi connectivity index (χ0v) is 15.5. The lowest BCUT2D eigenvalue weighted by molar-refractivity contribution is 0.174. The first-order valence-corrected chi connectivity index (χ1v) is 9.32. The Hall–Kier alpha value is -2.57. The number of fused-ring (bicyclic) bond motifs is 1. The molecule has 1 atom stereocenters. The maximum atomic E-state index is 9.68. The van der Waals surface area contributed by atoms with Crippen molar-refractivity contribution in [2.75, 3.05) is 13.8 Å². The summed E-state index contributed by atoms with van der Waals surface area (Å²) in [4.78, 5) is 6.99. The van der Waals surface area contributed by atoms with Gasteiger partial charge in [0.1, 0.15) is 10.8 Å². The molecule has 1 unspecified atom stereocenters. The molecule has 5 nitrogen and oxygen atoms in total. The molecule has 134 valence electrons. The molecule has 0 amide bonds. The van der Waals surface area contributed by atoms with Crippen LogP contribution in [0.2, 0.25) is 0 Å².